The quantitative estimate of drug-likeness (QED) is 0.890. The zero-order valence-electron chi connectivity index (χ0n) is 9.56. The Kier molecular flexibility index (Phi) is 3.79. The molecule has 0 saturated heterocycles. The van der Waals surface area contributed by atoms with Gasteiger partial charge >= 0.3 is 0 Å². The van der Waals surface area contributed by atoms with Gasteiger partial charge in [0.2, 0.25) is 0 Å². The average Bonchev–Trinajstić information content (AvgIpc) is 2.37. The van der Waals surface area contributed by atoms with Gasteiger partial charge in [0.05, 0.1) is 0 Å². The molecule has 1 aromatic carbocycles. The highest BCUT2D eigenvalue weighted by Gasteiger charge is 2.06. The predicted octanol–water partition coefficient (Wildman–Crippen LogP) is 2.25. The number of anilines is 1. The molecule has 3 N–H and O–H groups in total. The molecule has 0 saturated carbocycles. The molecule has 0 spiro atoms. The van der Waals surface area contributed by atoms with Crippen LogP contribution in [-0.4, -0.2) is 10.9 Å². The molecule has 5 heteroatoms. The minimum Gasteiger partial charge on any atom is -0.384 e. The number of hydrogen-bond donors (Lipinski definition) is 2. The van der Waals surface area contributed by atoms with Gasteiger partial charge in [-0.3, -0.25) is 4.79 Å². The first-order valence-electron chi connectivity index (χ1n) is 5.40. The number of amides is 1. The Morgan fingerprint density at radius 3 is 2.83 bits per heavy atom. The zero-order chi connectivity index (χ0) is 13.0. The Morgan fingerprint density at radius 2 is 2.11 bits per heavy atom. The van der Waals surface area contributed by atoms with Gasteiger partial charge in [-0.05, 0) is 23.8 Å². The summed E-state index contributed by atoms with van der Waals surface area (Å²) in [5, 5.41) is 3.41. The first kappa shape index (κ1) is 12.4. The van der Waals surface area contributed by atoms with Crippen LogP contribution < -0.4 is 11.1 Å². The minimum atomic E-state index is -0.205. The van der Waals surface area contributed by atoms with E-state index in [1.54, 1.807) is 12.1 Å². The van der Waals surface area contributed by atoms with Crippen molar-refractivity contribution in [2.75, 3.05) is 5.73 Å². The summed E-state index contributed by atoms with van der Waals surface area (Å²) in [6.45, 7) is 0.376. The highest BCUT2D eigenvalue weighted by molar-refractivity contribution is 6.31. The third-order valence-corrected chi connectivity index (χ3v) is 2.81. The largest absolute Gasteiger partial charge is 0.384 e. The highest BCUT2D eigenvalue weighted by Crippen LogP contribution is 2.14. The molecule has 4 nitrogen and oxygen atoms in total. The summed E-state index contributed by atoms with van der Waals surface area (Å²) in [5.41, 5.74) is 6.87. The van der Waals surface area contributed by atoms with E-state index in [1.807, 2.05) is 18.2 Å². The second-order valence-electron chi connectivity index (χ2n) is 3.74. The molecule has 1 aromatic heterocycles. The van der Waals surface area contributed by atoms with Crippen molar-refractivity contribution in [1.29, 1.82) is 0 Å². The molecular weight excluding hydrogens is 250 g/mol. The van der Waals surface area contributed by atoms with E-state index in [2.05, 4.69) is 10.3 Å². The maximum atomic E-state index is 11.8. The monoisotopic (exact) mass is 261 g/mol. The van der Waals surface area contributed by atoms with Crippen molar-refractivity contribution in [2.24, 2.45) is 0 Å². The number of nitrogens with zero attached hydrogens (tertiary/aromatic N) is 1. The van der Waals surface area contributed by atoms with Crippen LogP contribution in [0.1, 0.15) is 15.9 Å². The van der Waals surface area contributed by atoms with Crippen LogP contribution in [0.4, 0.5) is 5.82 Å². The van der Waals surface area contributed by atoms with E-state index in [9.17, 15) is 4.79 Å². The van der Waals surface area contributed by atoms with E-state index in [0.29, 0.717) is 22.9 Å². The fraction of sp³-hybridized carbons (Fsp3) is 0.0769. The lowest BCUT2D eigenvalue weighted by Crippen LogP contribution is -2.23. The molecule has 0 radical (unpaired) electrons. The molecule has 92 valence electrons. The molecule has 0 aliphatic rings. The van der Waals surface area contributed by atoms with Crippen molar-refractivity contribution >= 4 is 23.3 Å². The molecule has 0 fully saturated rings. The lowest BCUT2D eigenvalue weighted by molar-refractivity contribution is 0.0951. The van der Waals surface area contributed by atoms with Crippen molar-refractivity contribution in [3.05, 3.63) is 58.7 Å². The minimum absolute atomic E-state index is 0.205. The number of nitrogen functional groups attached to an aromatic ring is 1. The number of aromatic nitrogens is 1. The number of halogens is 1. The maximum Gasteiger partial charge on any atom is 0.251 e. The van der Waals surface area contributed by atoms with Crippen LogP contribution in [0.5, 0.6) is 0 Å². The van der Waals surface area contributed by atoms with Crippen molar-refractivity contribution < 1.29 is 4.79 Å². The number of pyridine rings is 1. The standard InChI is InChI=1S/C13H12ClN3O/c14-11-4-2-1-3-10(11)8-17-13(18)9-5-6-16-12(15)7-9/h1-7H,8H2,(H2,15,16)(H,17,18). The van der Waals surface area contributed by atoms with E-state index in [-0.39, 0.29) is 5.91 Å². The van der Waals surface area contributed by atoms with Crippen LogP contribution in [0.3, 0.4) is 0 Å². The highest BCUT2D eigenvalue weighted by atomic mass is 35.5. The number of benzene rings is 1. The third kappa shape index (κ3) is 2.99. The summed E-state index contributed by atoms with van der Waals surface area (Å²) in [7, 11) is 0. The van der Waals surface area contributed by atoms with Gasteiger partial charge in [0, 0.05) is 23.3 Å². The Balaban J connectivity index is 2.03. The number of carbonyl (C=O) groups excluding carboxylic acids is 1. The summed E-state index contributed by atoms with van der Waals surface area (Å²) in [5.74, 6) is 0.115. The molecule has 0 aliphatic heterocycles. The summed E-state index contributed by atoms with van der Waals surface area (Å²) in [4.78, 5) is 15.7. The van der Waals surface area contributed by atoms with E-state index in [4.69, 9.17) is 17.3 Å². The molecule has 0 atom stereocenters. The molecule has 0 bridgehead atoms. The van der Waals surface area contributed by atoms with Gasteiger partial charge in [-0.25, -0.2) is 4.98 Å². The maximum absolute atomic E-state index is 11.8. The van der Waals surface area contributed by atoms with Crippen LogP contribution in [0, 0.1) is 0 Å². The van der Waals surface area contributed by atoms with Crippen LogP contribution in [0.25, 0.3) is 0 Å². The number of nitrogens with two attached hydrogens (primary N) is 1. The average molecular weight is 262 g/mol. The topological polar surface area (TPSA) is 68.0 Å². The van der Waals surface area contributed by atoms with Crippen molar-refractivity contribution in [3.63, 3.8) is 0 Å². The Labute approximate surface area is 110 Å². The molecule has 18 heavy (non-hydrogen) atoms. The summed E-state index contributed by atoms with van der Waals surface area (Å²) in [6.07, 6.45) is 1.50. The van der Waals surface area contributed by atoms with E-state index in [0.717, 1.165) is 5.56 Å². The summed E-state index contributed by atoms with van der Waals surface area (Å²) < 4.78 is 0. The van der Waals surface area contributed by atoms with Gasteiger partial charge in [-0.2, -0.15) is 0 Å². The van der Waals surface area contributed by atoms with Gasteiger partial charge in [-0.15, -0.1) is 0 Å². The molecule has 0 aliphatic carbocycles. The number of hydrogen-bond acceptors (Lipinski definition) is 3. The van der Waals surface area contributed by atoms with E-state index in [1.165, 1.54) is 12.3 Å². The third-order valence-electron chi connectivity index (χ3n) is 2.44. The molecule has 1 heterocycles. The summed E-state index contributed by atoms with van der Waals surface area (Å²) in [6, 6.07) is 10.5. The number of rotatable bonds is 3. The van der Waals surface area contributed by atoms with Gasteiger partial charge < -0.3 is 11.1 Å². The van der Waals surface area contributed by atoms with E-state index < -0.39 is 0 Å². The number of carbonyl (C=O) groups is 1. The predicted molar refractivity (Wildman–Crippen MR) is 71.3 cm³/mol. The Bertz CT molecular complexity index is 572. The van der Waals surface area contributed by atoms with E-state index >= 15 is 0 Å². The fourth-order valence-electron chi connectivity index (χ4n) is 1.51. The first-order chi connectivity index (χ1) is 8.66. The van der Waals surface area contributed by atoms with Gasteiger partial charge in [0.25, 0.3) is 5.91 Å². The zero-order valence-corrected chi connectivity index (χ0v) is 10.3. The van der Waals surface area contributed by atoms with Gasteiger partial charge in [-0.1, -0.05) is 29.8 Å². The molecule has 2 rings (SSSR count). The SMILES string of the molecule is Nc1cc(C(=O)NCc2ccccc2Cl)ccn1. The van der Waals surface area contributed by atoms with Crippen LogP contribution >= 0.6 is 11.6 Å². The molecule has 2 aromatic rings. The molecular formula is C13H12ClN3O. The second kappa shape index (κ2) is 5.51. The van der Waals surface area contributed by atoms with Crippen LogP contribution in [0.15, 0.2) is 42.6 Å². The molecule has 0 unspecified atom stereocenters. The smallest absolute Gasteiger partial charge is 0.251 e. The lowest BCUT2D eigenvalue weighted by Gasteiger charge is -2.07. The van der Waals surface area contributed by atoms with Crippen molar-refractivity contribution in [2.45, 2.75) is 6.54 Å². The molecule has 1 amide bonds. The van der Waals surface area contributed by atoms with Crippen molar-refractivity contribution in [3.8, 4) is 0 Å². The van der Waals surface area contributed by atoms with Crippen LogP contribution in [0.2, 0.25) is 5.02 Å². The van der Waals surface area contributed by atoms with Gasteiger partial charge in [0.15, 0.2) is 0 Å². The second-order valence-corrected chi connectivity index (χ2v) is 4.15. The Hall–Kier alpha value is -2.07. The first-order valence-corrected chi connectivity index (χ1v) is 5.78. The van der Waals surface area contributed by atoms with Crippen LogP contribution in [-0.2, 0) is 6.54 Å². The number of nitrogens with one attached hydrogen (secondary N) is 1. The normalized spacial score (nSPS) is 10.1. The summed E-state index contributed by atoms with van der Waals surface area (Å²) >= 11 is 6.00. The van der Waals surface area contributed by atoms with Gasteiger partial charge in [0.1, 0.15) is 5.82 Å². The lowest BCUT2D eigenvalue weighted by atomic mass is 10.2. The Morgan fingerprint density at radius 1 is 1.33 bits per heavy atom. The fourth-order valence-corrected chi connectivity index (χ4v) is 1.71. The van der Waals surface area contributed by atoms with Crippen molar-refractivity contribution in [1.82, 2.24) is 10.3 Å².